The van der Waals surface area contributed by atoms with E-state index in [2.05, 4.69) is 4.90 Å². The summed E-state index contributed by atoms with van der Waals surface area (Å²) in [7, 11) is 1.36. The zero-order valence-electron chi connectivity index (χ0n) is 14.5. The van der Waals surface area contributed by atoms with Gasteiger partial charge in [0.15, 0.2) is 5.54 Å². The van der Waals surface area contributed by atoms with E-state index in [1.54, 1.807) is 0 Å². The quantitative estimate of drug-likeness (QED) is 0.479. The summed E-state index contributed by atoms with van der Waals surface area (Å²) >= 11 is 0. The van der Waals surface area contributed by atoms with E-state index in [9.17, 15) is 14.9 Å². The lowest BCUT2D eigenvalue weighted by molar-refractivity contribution is -0.591. The molecule has 134 valence electrons. The molecule has 0 bridgehead atoms. The van der Waals surface area contributed by atoms with Crippen LogP contribution < -0.4 is 0 Å². The van der Waals surface area contributed by atoms with Gasteiger partial charge < -0.3 is 4.74 Å². The maximum atomic E-state index is 13.0. The summed E-state index contributed by atoms with van der Waals surface area (Å²) in [5, 5.41) is 12.5. The second-order valence-corrected chi connectivity index (χ2v) is 7.54. The highest BCUT2D eigenvalue weighted by Gasteiger charge is 2.80. The normalized spacial score (nSPS) is 37.3. The number of nitrogens with zero attached hydrogens (tertiary/aromatic N) is 2. The number of benzene rings is 1. The SMILES string of the molecule is COC(=O)[C@]12CCCN1[C@@H](c1ccccc1)[C@@H]1CCCC[C@@]12[N+](=O)[O-]. The van der Waals surface area contributed by atoms with E-state index in [-0.39, 0.29) is 16.9 Å². The maximum Gasteiger partial charge on any atom is 0.333 e. The first kappa shape index (κ1) is 16.5. The molecule has 0 radical (unpaired) electrons. The van der Waals surface area contributed by atoms with Crippen molar-refractivity contribution < 1.29 is 14.5 Å². The molecule has 1 aromatic rings. The lowest BCUT2D eigenvalue weighted by Gasteiger charge is -2.41. The van der Waals surface area contributed by atoms with Crippen molar-refractivity contribution in [1.82, 2.24) is 4.90 Å². The van der Waals surface area contributed by atoms with Crippen LogP contribution in [-0.2, 0) is 9.53 Å². The fraction of sp³-hybridized carbons (Fsp3) is 0.632. The highest BCUT2D eigenvalue weighted by Crippen LogP contribution is 2.63. The topological polar surface area (TPSA) is 72.7 Å². The van der Waals surface area contributed by atoms with Gasteiger partial charge in [-0.25, -0.2) is 4.79 Å². The first-order chi connectivity index (χ1) is 12.1. The van der Waals surface area contributed by atoms with Crippen molar-refractivity contribution in [2.45, 2.75) is 55.6 Å². The molecule has 0 aromatic heterocycles. The monoisotopic (exact) mass is 344 g/mol. The van der Waals surface area contributed by atoms with Crippen LogP contribution in [0.3, 0.4) is 0 Å². The van der Waals surface area contributed by atoms with Gasteiger partial charge >= 0.3 is 5.97 Å². The van der Waals surface area contributed by atoms with Crippen molar-refractivity contribution in [3.63, 3.8) is 0 Å². The van der Waals surface area contributed by atoms with Gasteiger partial charge in [0.2, 0.25) is 0 Å². The summed E-state index contributed by atoms with van der Waals surface area (Å²) in [5.41, 5.74) is -1.29. The van der Waals surface area contributed by atoms with Crippen LogP contribution in [-0.4, -0.2) is 40.5 Å². The number of hydrogen-bond donors (Lipinski definition) is 0. The first-order valence-corrected chi connectivity index (χ1v) is 9.14. The predicted octanol–water partition coefficient (Wildman–Crippen LogP) is 2.95. The second kappa shape index (κ2) is 5.80. The molecule has 4 atom stereocenters. The van der Waals surface area contributed by atoms with Gasteiger partial charge in [0.25, 0.3) is 5.54 Å². The van der Waals surface area contributed by atoms with Gasteiger partial charge in [0.05, 0.1) is 13.0 Å². The van der Waals surface area contributed by atoms with E-state index in [4.69, 9.17) is 4.74 Å². The van der Waals surface area contributed by atoms with Gasteiger partial charge in [0, 0.05) is 23.9 Å². The van der Waals surface area contributed by atoms with Crippen molar-refractivity contribution in [2.24, 2.45) is 5.92 Å². The molecule has 1 aliphatic carbocycles. The molecule has 2 aliphatic heterocycles. The van der Waals surface area contributed by atoms with Crippen LogP contribution in [0.25, 0.3) is 0 Å². The third-order valence-electron chi connectivity index (χ3n) is 6.79. The standard InChI is InChI=1S/C19H24N2O4/c1-25-17(22)19-12-7-13-20(19)16(14-8-3-2-4-9-14)15-10-5-6-11-18(15,19)21(23)24/h2-4,8-9,15-16H,5-7,10-13H2,1H3/t15-,16-,18+,19-/m0/s1. The summed E-state index contributed by atoms with van der Waals surface area (Å²) < 4.78 is 5.16. The van der Waals surface area contributed by atoms with E-state index in [1.807, 2.05) is 30.3 Å². The molecule has 0 amide bonds. The molecule has 0 unspecified atom stereocenters. The molecule has 3 fully saturated rings. The van der Waals surface area contributed by atoms with Crippen LogP contribution >= 0.6 is 0 Å². The Kier molecular flexibility index (Phi) is 3.83. The van der Waals surface area contributed by atoms with Gasteiger partial charge in [-0.2, -0.15) is 0 Å². The Hall–Kier alpha value is -1.95. The molecule has 3 aliphatic rings. The minimum absolute atomic E-state index is 0.0894. The molecular formula is C19H24N2O4. The lowest BCUT2D eigenvalue weighted by atomic mass is 9.63. The van der Waals surface area contributed by atoms with Crippen molar-refractivity contribution in [3.05, 3.63) is 46.0 Å². The smallest absolute Gasteiger partial charge is 0.333 e. The zero-order chi connectivity index (χ0) is 17.7. The number of nitro groups is 1. The van der Waals surface area contributed by atoms with Gasteiger partial charge in [-0.15, -0.1) is 0 Å². The summed E-state index contributed by atoms with van der Waals surface area (Å²) in [4.78, 5) is 27.5. The van der Waals surface area contributed by atoms with E-state index in [0.717, 1.165) is 31.2 Å². The molecular weight excluding hydrogens is 320 g/mol. The van der Waals surface area contributed by atoms with Crippen molar-refractivity contribution in [1.29, 1.82) is 0 Å². The average molecular weight is 344 g/mol. The maximum absolute atomic E-state index is 13.0. The Morgan fingerprint density at radius 1 is 1.24 bits per heavy atom. The number of methoxy groups -OCH3 is 1. The molecule has 25 heavy (non-hydrogen) atoms. The minimum atomic E-state index is -1.24. The van der Waals surface area contributed by atoms with E-state index in [1.165, 1.54) is 7.11 Å². The summed E-state index contributed by atoms with van der Waals surface area (Å²) in [5.74, 6) is -0.579. The Labute approximate surface area is 147 Å². The van der Waals surface area contributed by atoms with E-state index >= 15 is 0 Å². The third-order valence-corrected chi connectivity index (χ3v) is 6.79. The molecule has 0 N–H and O–H groups in total. The Balaban J connectivity index is 1.95. The lowest BCUT2D eigenvalue weighted by Crippen LogP contribution is -2.66. The summed E-state index contributed by atoms with van der Waals surface area (Å²) in [6, 6.07) is 9.89. The highest BCUT2D eigenvalue weighted by atomic mass is 16.6. The zero-order valence-corrected chi connectivity index (χ0v) is 14.5. The Morgan fingerprint density at radius 2 is 2.00 bits per heavy atom. The summed E-state index contributed by atoms with van der Waals surface area (Å²) in [6.07, 6.45) is 4.33. The summed E-state index contributed by atoms with van der Waals surface area (Å²) in [6.45, 7) is 0.709. The van der Waals surface area contributed by atoms with Crippen molar-refractivity contribution >= 4 is 5.97 Å². The molecule has 1 aromatic carbocycles. The van der Waals surface area contributed by atoms with Crippen LogP contribution in [0.15, 0.2) is 30.3 Å². The van der Waals surface area contributed by atoms with E-state index in [0.29, 0.717) is 19.4 Å². The number of rotatable bonds is 3. The highest BCUT2D eigenvalue weighted by molar-refractivity contribution is 5.84. The van der Waals surface area contributed by atoms with Crippen molar-refractivity contribution in [2.75, 3.05) is 13.7 Å². The molecule has 2 saturated heterocycles. The van der Waals surface area contributed by atoms with Crippen molar-refractivity contribution in [3.8, 4) is 0 Å². The number of carbonyl (C=O) groups excluding carboxylic acids is 1. The van der Waals surface area contributed by atoms with Crippen LogP contribution in [0.4, 0.5) is 0 Å². The Bertz CT molecular complexity index is 694. The van der Waals surface area contributed by atoms with Gasteiger partial charge in [-0.05, 0) is 31.2 Å². The molecule has 6 nitrogen and oxygen atoms in total. The van der Waals surface area contributed by atoms with Gasteiger partial charge in [-0.3, -0.25) is 15.0 Å². The largest absolute Gasteiger partial charge is 0.467 e. The average Bonchev–Trinajstić information content (AvgIpc) is 3.17. The Morgan fingerprint density at radius 3 is 2.68 bits per heavy atom. The molecule has 1 saturated carbocycles. The number of ether oxygens (including phenoxy) is 1. The number of fused-ring (bicyclic) bond motifs is 3. The molecule has 2 heterocycles. The fourth-order valence-corrected chi connectivity index (χ4v) is 6.02. The van der Waals surface area contributed by atoms with Gasteiger partial charge in [0.1, 0.15) is 0 Å². The minimum Gasteiger partial charge on any atom is -0.467 e. The number of carbonyl (C=O) groups is 1. The number of esters is 1. The number of hydrogen-bond acceptors (Lipinski definition) is 5. The third kappa shape index (κ3) is 1.91. The second-order valence-electron chi connectivity index (χ2n) is 7.54. The molecule has 4 rings (SSSR count). The van der Waals surface area contributed by atoms with Crippen LogP contribution in [0.1, 0.15) is 50.1 Å². The van der Waals surface area contributed by atoms with Crippen LogP contribution in [0.2, 0.25) is 0 Å². The van der Waals surface area contributed by atoms with Gasteiger partial charge in [-0.1, -0.05) is 36.8 Å². The fourth-order valence-electron chi connectivity index (χ4n) is 6.02. The van der Waals surface area contributed by atoms with Crippen LogP contribution in [0.5, 0.6) is 0 Å². The van der Waals surface area contributed by atoms with E-state index < -0.39 is 17.0 Å². The predicted molar refractivity (Wildman–Crippen MR) is 91.6 cm³/mol. The first-order valence-electron chi connectivity index (χ1n) is 9.14. The van der Waals surface area contributed by atoms with Crippen LogP contribution in [0, 0.1) is 16.0 Å². The molecule has 6 heteroatoms. The molecule has 0 spiro atoms.